The lowest BCUT2D eigenvalue weighted by Gasteiger charge is -2.35. The molecule has 0 radical (unpaired) electrons. The summed E-state index contributed by atoms with van der Waals surface area (Å²) in [5.74, 6) is -0.548. The Morgan fingerprint density at radius 2 is 2.06 bits per heavy atom. The maximum absolute atomic E-state index is 11.9. The molecule has 104 valence electrons. The molecule has 18 heavy (non-hydrogen) atoms. The van der Waals surface area contributed by atoms with Gasteiger partial charge in [-0.3, -0.25) is 14.5 Å². The molecule has 2 unspecified atom stereocenters. The summed E-state index contributed by atoms with van der Waals surface area (Å²) in [4.78, 5) is 24.7. The molecule has 1 saturated heterocycles. The summed E-state index contributed by atoms with van der Waals surface area (Å²) in [7, 11) is 0. The van der Waals surface area contributed by atoms with Crippen LogP contribution >= 0.6 is 0 Å². The number of carboxylic acids is 1. The molecule has 5 heteroatoms. The highest BCUT2D eigenvalue weighted by Gasteiger charge is 2.28. The smallest absolute Gasteiger partial charge is 0.303 e. The van der Waals surface area contributed by atoms with E-state index >= 15 is 0 Å². The molecular weight excluding hydrogens is 232 g/mol. The summed E-state index contributed by atoms with van der Waals surface area (Å²) in [6.07, 6.45) is 2.12. The molecule has 1 rings (SSSR count). The zero-order chi connectivity index (χ0) is 13.7. The maximum Gasteiger partial charge on any atom is 0.303 e. The Bertz CT molecular complexity index is 305. The summed E-state index contributed by atoms with van der Waals surface area (Å²) in [6, 6.07) is -0.0384. The van der Waals surface area contributed by atoms with Gasteiger partial charge in [-0.2, -0.15) is 0 Å². The van der Waals surface area contributed by atoms with Gasteiger partial charge in [-0.15, -0.1) is 0 Å². The molecule has 0 aromatic heterocycles. The standard InChI is InChI=1S/C13H24N2O3/c1-9(2)14-13(18)10(3)15-6-4-5-11(8-15)7-12(16)17/h9-11H,4-8H2,1-3H3,(H,14,18)(H,16,17). The Morgan fingerprint density at radius 3 is 2.61 bits per heavy atom. The van der Waals surface area contributed by atoms with Crippen LogP contribution in [-0.2, 0) is 9.59 Å². The summed E-state index contributed by atoms with van der Waals surface area (Å²) >= 11 is 0. The van der Waals surface area contributed by atoms with Gasteiger partial charge >= 0.3 is 5.97 Å². The highest BCUT2D eigenvalue weighted by molar-refractivity contribution is 5.81. The number of aliphatic carboxylic acids is 1. The molecule has 0 aliphatic carbocycles. The van der Waals surface area contributed by atoms with Crippen LogP contribution in [0.25, 0.3) is 0 Å². The number of likely N-dealkylation sites (tertiary alicyclic amines) is 1. The van der Waals surface area contributed by atoms with Crippen LogP contribution in [-0.4, -0.2) is 47.1 Å². The fourth-order valence-electron chi connectivity index (χ4n) is 2.43. The van der Waals surface area contributed by atoms with Crippen molar-refractivity contribution in [2.24, 2.45) is 5.92 Å². The van der Waals surface area contributed by atoms with Crippen LogP contribution < -0.4 is 5.32 Å². The topological polar surface area (TPSA) is 69.6 Å². The molecule has 2 N–H and O–H groups in total. The highest BCUT2D eigenvalue weighted by atomic mass is 16.4. The molecule has 1 aliphatic rings. The van der Waals surface area contributed by atoms with Crippen LogP contribution in [0, 0.1) is 5.92 Å². The molecule has 0 aromatic carbocycles. The number of rotatable bonds is 5. The summed E-state index contributed by atoms with van der Waals surface area (Å²) in [5.41, 5.74) is 0. The first-order valence-corrected chi connectivity index (χ1v) is 6.66. The van der Waals surface area contributed by atoms with Gasteiger partial charge in [0.05, 0.1) is 6.04 Å². The van der Waals surface area contributed by atoms with Gasteiger partial charge in [-0.05, 0) is 46.1 Å². The van der Waals surface area contributed by atoms with Gasteiger partial charge in [0.15, 0.2) is 0 Å². The first-order chi connectivity index (χ1) is 8.40. The van der Waals surface area contributed by atoms with E-state index in [2.05, 4.69) is 10.2 Å². The predicted octanol–water partition coefficient (Wildman–Crippen LogP) is 1.09. The Morgan fingerprint density at radius 1 is 1.39 bits per heavy atom. The third kappa shape index (κ3) is 4.64. The summed E-state index contributed by atoms with van der Waals surface area (Å²) in [6.45, 7) is 7.35. The molecule has 5 nitrogen and oxygen atoms in total. The number of nitrogens with one attached hydrogen (secondary N) is 1. The van der Waals surface area contributed by atoms with Crippen molar-refractivity contribution >= 4 is 11.9 Å². The van der Waals surface area contributed by atoms with Gasteiger partial charge in [0.2, 0.25) is 5.91 Å². The number of nitrogens with zero attached hydrogens (tertiary/aromatic N) is 1. The number of carbonyl (C=O) groups excluding carboxylic acids is 1. The molecular formula is C13H24N2O3. The lowest BCUT2D eigenvalue weighted by Crippen LogP contribution is -2.50. The van der Waals surface area contributed by atoms with Crippen molar-refractivity contribution in [1.82, 2.24) is 10.2 Å². The molecule has 2 atom stereocenters. The van der Waals surface area contributed by atoms with Crippen LogP contribution in [0.4, 0.5) is 0 Å². The van der Waals surface area contributed by atoms with Gasteiger partial charge in [-0.25, -0.2) is 0 Å². The second-order valence-electron chi connectivity index (χ2n) is 5.44. The lowest BCUT2D eigenvalue weighted by molar-refractivity contribution is -0.138. The van der Waals surface area contributed by atoms with Crippen molar-refractivity contribution in [3.8, 4) is 0 Å². The van der Waals surface area contributed by atoms with E-state index in [9.17, 15) is 9.59 Å². The van der Waals surface area contributed by atoms with Crippen molar-refractivity contribution in [3.63, 3.8) is 0 Å². The fraction of sp³-hybridized carbons (Fsp3) is 0.846. The normalized spacial score (nSPS) is 22.8. The number of piperidine rings is 1. The van der Waals surface area contributed by atoms with E-state index in [4.69, 9.17) is 5.11 Å². The average molecular weight is 256 g/mol. The average Bonchev–Trinajstić information content (AvgIpc) is 2.26. The van der Waals surface area contributed by atoms with E-state index in [0.717, 1.165) is 19.4 Å². The van der Waals surface area contributed by atoms with Gasteiger partial charge in [0.1, 0.15) is 0 Å². The van der Waals surface area contributed by atoms with Gasteiger partial charge in [0.25, 0.3) is 0 Å². The van der Waals surface area contributed by atoms with Crippen LogP contribution in [0.1, 0.15) is 40.0 Å². The second kappa shape index (κ2) is 6.73. The minimum Gasteiger partial charge on any atom is -0.481 e. The molecule has 1 fully saturated rings. The Kier molecular flexibility index (Phi) is 5.59. The van der Waals surface area contributed by atoms with Crippen LogP contribution in [0.5, 0.6) is 0 Å². The van der Waals surface area contributed by atoms with E-state index in [1.807, 2.05) is 20.8 Å². The summed E-state index contributed by atoms with van der Waals surface area (Å²) in [5, 5.41) is 11.7. The summed E-state index contributed by atoms with van der Waals surface area (Å²) < 4.78 is 0. The Hall–Kier alpha value is -1.10. The molecule has 0 spiro atoms. The number of carbonyl (C=O) groups is 2. The van der Waals surface area contributed by atoms with E-state index in [0.29, 0.717) is 6.54 Å². The number of hydrogen-bond donors (Lipinski definition) is 2. The zero-order valence-corrected chi connectivity index (χ0v) is 11.5. The number of carboxylic acid groups (broad SMARTS) is 1. The fourth-order valence-corrected chi connectivity index (χ4v) is 2.43. The molecule has 1 amide bonds. The zero-order valence-electron chi connectivity index (χ0n) is 11.5. The second-order valence-corrected chi connectivity index (χ2v) is 5.44. The van der Waals surface area contributed by atoms with Crippen molar-refractivity contribution < 1.29 is 14.7 Å². The first-order valence-electron chi connectivity index (χ1n) is 6.66. The Balaban J connectivity index is 2.49. The lowest BCUT2D eigenvalue weighted by atomic mass is 9.94. The van der Waals surface area contributed by atoms with Gasteiger partial charge in [-0.1, -0.05) is 0 Å². The molecule has 1 heterocycles. The van der Waals surface area contributed by atoms with Crippen molar-refractivity contribution in [1.29, 1.82) is 0 Å². The van der Waals surface area contributed by atoms with Crippen LogP contribution in [0.15, 0.2) is 0 Å². The molecule has 0 bridgehead atoms. The quantitative estimate of drug-likeness (QED) is 0.772. The largest absolute Gasteiger partial charge is 0.481 e. The third-order valence-corrected chi connectivity index (χ3v) is 3.37. The van der Waals surface area contributed by atoms with Gasteiger partial charge < -0.3 is 10.4 Å². The molecule has 1 aliphatic heterocycles. The van der Waals surface area contributed by atoms with Crippen molar-refractivity contribution in [2.75, 3.05) is 13.1 Å². The van der Waals surface area contributed by atoms with Gasteiger partial charge in [0, 0.05) is 19.0 Å². The molecule has 0 saturated carbocycles. The van der Waals surface area contributed by atoms with E-state index in [1.54, 1.807) is 0 Å². The van der Waals surface area contributed by atoms with Crippen molar-refractivity contribution in [3.05, 3.63) is 0 Å². The maximum atomic E-state index is 11.9. The van der Waals surface area contributed by atoms with Crippen LogP contribution in [0.3, 0.4) is 0 Å². The van der Waals surface area contributed by atoms with E-state index in [1.165, 1.54) is 0 Å². The third-order valence-electron chi connectivity index (χ3n) is 3.37. The number of hydrogen-bond acceptors (Lipinski definition) is 3. The monoisotopic (exact) mass is 256 g/mol. The Labute approximate surface area is 109 Å². The number of amides is 1. The molecule has 0 aromatic rings. The highest BCUT2D eigenvalue weighted by Crippen LogP contribution is 2.21. The van der Waals surface area contributed by atoms with E-state index < -0.39 is 5.97 Å². The predicted molar refractivity (Wildman–Crippen MR) is 69.3 cm³/mol. The SMILES string of the molecule is CC(C)NC(=O)C(C)N1CCCC(CC(=O)O)C1. The minimum absolute atomic E-state index is 0.0287. The van der Waals surface area contributed by atoms with Crippen molar-refractivity contribution in [2.45, 2.75) is 52.1 Å². The minimum atomic E-state index is -0.749. The van der Waals surface area contributed by atoms with E-state index in [-0.39, 0.29) is 30.3 Å². The van der Waals surface area contributed by atoms with Crippen LogP contribution in [0.2, 0.25) is 0 Å². The first kappa shape index (κ1) is 15.0.